The molecule has 1 heterocycles. The van der Waals surface area contributed by atoms with Crippen molar-refractivity contribution in [2.45, 2.75) is 41.9 Å². The first-order chi connectivity index (χ1) is 12.2. The number of benzene rings is 2. The van der Waals surface area contributed by atoms with Crippen molar-refractivity contribution in [3.63, 3.8) is 0 Å². The third kappa shape index (κ3) is 3.59. The molecule has 0 bridgehead atoms. The number of fused-ring (bicyclic) bond motifs is 1. The molecule has 26 heavy (non-hydrogen) atoms. The van der Waals surface area contributed by atoms with E-state index in [1.807, 2.05) is 26.0 Å². The molecule has 0 fully saturated rings. The molecule has 1 N–H and O–H groups in total. The van der Waals surface area contributed by atoms with Crippen LogP contribution in [-0.2, 0) is 14.8 Å². The predicted molar refractivity (Wildman–Crippen MR) is 106 cm³/mol. The van der Waals surface area contributed by atoms with E-state index in [9.17, 15) is 13.2 Å². The van der Waals surface area contributed by atoms with Gasteiger partial charge in [-0.05, 0) is 51.1 Å². The molecule has 0 radical (unpaired) electrons. The molecule has 0 aliphatic carbocycles. The number of anilines is 2. The maximum Gasteiger partial charge on any atom is 0.261 e. The number of hydrogen-bond acceptors (Lipinski definition) is 5. The van der Waals surface area contributed by atoms with E-state index in [0.29, 0.717) is 18.7 Å². The lowest BCUT2D eigenvalue weighted by Gasteiger charge is -2.34. The number of hydrogen-bond donors (Lipinski definition) is 1. The van der Waals surface area contributed by atoms with Gasteiger partial charge in [0.05, 0.1) is 15.5 Å². The predicted octanol–water partition coefficient (Wildman–Crippen LogP) is 4.11. The van der Waals surface area contributed by atoms with Crippen molar-refractivity contribution in [1.29, 1.82) is 0 Å². The van der Waals surface area contributed by atoms with Crippen molar-refractivity contribution in [3.8, 4) is 0 Å². The fourth-order valence-corrected chi connectivity index (χ4v) is 5.90. The smallest absolute Gasteiger partial charge is 0.261 e. The highest BCUT2D eigenvalue weighted by molar-refractivity contribution is 8.01. The monoisotopic (exact) mass is 390 g/mol. The normalized spacial score (nSPS) is 19.3. The van der Waals surface area contributed by atoms with E-state index in [0.717, 1.165) is 10.6 Å². The Morgan fingerprint density at radius 2 is 1.88 bits per heavy atom. The second kappa shape index (κ2) is 6.96. The molecule has 1 atom stereocenters. The molecule has 0 saturated heterocycles. The quantitative estimate of drug-likeness (QED) is 0.804. The van der Waals surface area contributed by atoms with Crippen LogP contribution in [0.4, 0.5) is 11.4 Å². The summed E-state index contributed by atoms with van der Waals surface area (Å²) in [4.78, 5) is 14.6. The number of rotatable bonds is 6. The molecule has 0 aromatic heterocycles. The van der Waals surface area contributed by atoms with Crippen molar-refractivity contribution in [2.24, 2.45) is 0 Å². The Morgan fingerprint density at radius 3 is 2.50 bits per heavy atom. The third-order valence-corrected chi connectivity index (χ3v) is 7.10. The number of nitrogens with zero attached hydrogens (tertiary/aromatic N) is 1. The van der Waals surface area contributed by atoms with Crippen LogP contribution in [0.25, 0.3) is 0 Å². The molecule has 0 saturated carbocycles. The number of para-hydroxylation sites is 1. The zero-order valence-electron chi connectivity index (χ0n) is 15.0. The first kappa shape index (κ1) is 18.8. The van der Waals surface area contributed by atoms with Crippen molar-refractivity contribution in [3.05, 3.63) is 48.5 Å². The molecule has 2 aromatic rings. The lowest BCUT2D eigenvalue weighted by molar-refractivity contribution is -0.117. The van der Waals surface area contributed by atoms with Crippen LogP contribution in [0.5, 0.6) is 0 Å². The summed E-state index contributed by atoms with van der Waals surface area (Å²) in [6, 6.07) is 14.0. The molecule has 2 aromatic carbocycles. The SMILES string of the molecule is CCN1c2cc(S(=O)(=O)Nc3ccccc3)ccc2SC1(C)CC(C)=O. The summed E-state index contributed by atoms with van der Waals surface area (Å²) in [5.41, 5.74) is 1.38. The largest absolute Gasteiger partial charge is 0.356 e. The summed E-state index contributed by atoms with van der Waals surface area (Å²) < 4.78 is 28.1. The summed E-state index contributed by atoms with van der Waals surface area (Å²) in [7, 11) is -3.68. The minimum Gasteiger partial charge on any atom is -0.356 e. The molecule has 5 nitrogen and oxygen atoms in total. The van der Waals surface area contributed by atoms with E-state index in [1.165, 1.54) is 0 Å². The van der Waals surface area contributed by atoms with Crippen molar-refractivity contribution in [2.75, 3.05) is 16.2 Å². The zero-order valence-corrected chi connectivity index (χ0v) is 16.7. The summed E-state index contributed by atoms with van der Waals surface area (Å²) in [6.45, 7) is 6.32. The van der Waals surface area contributed by atoms with Gasteiger partial charge in [-0.15, -0.1) is 0 Å². The van der Waals surface area contributed by atoms with Crippen molar-refractivity contribution < 1.29 is 13.2 Å². The van der Waals surface area contributed by atoms with Crippen molar-refractivity contribution in [1.82, 2.24) is 0 Å². The minimum absolute atomic E-state index is 0.116. The summed E-state index contributed by atoms with van der Waals surface area (Å²) >= 11 is 1.61. The second-order valence-electron chi connectivity index (χ2n) is 6.50. The topological polar surface area (TPSA) is 66.5 Å². The number of nitrogens with one attached hydrogen (secondary N) is 1. The maximum atomic E-state index is 12.7. The Kier molecular flexibility index (Phi) is 5.03. The van der Waals surface area contributed by atoms with Crippen LogP contribution >= 0.6 is 11.8 Å². The van der Waals surface area contributed by atoms with Crippen LogP contribution in [0.3, 0.4) is 0 Å². The van der Waals surface area contributed by atoms with Gasteiger partial charge in [-0.3, -0.25) is 9.52 Å². The Labute approximate surface area is 158 Å². The van der Waals surface area contributed by atoms with Crippen LogP contribution < -0.4 is 9.62 Å². The number of thioether (sulfide) groups is 1. The van der Waals surface area contributed by atoms with E-state index < -0.39 is 14.9 Å². The van der Waals surface area contributed by atoms with Gasteiger partial charge in [0.25, 0.3) is 10.0 Å². The Bertz CT molecular complexity index is 929. The second-order valence-corrected chi connectivity index (χ2v) is 9.71. The molecule has 3 rings (SSSR count). The standard InChI is InChI=1S/C19H22N2O3S2/c1-4-21-17-12-16(26(23,24)20-15-8-6-5-7-9-15)10-11-18(17)25-19(21,3)13-14(2)22/h5-12,20H,4,13H2,1-3H3. The van der Waals surface area contributed by atoms with Crippen LogP contribution in [0.2, 0.25) is 0 Å². The van der Waals surface area contributed by atoms with E-state index in [2.05, 4.69) is 9.62 Å². The highest BCUT2D eigenvalue weighted by atomic mass is 32.2. The van der Waals surface area contributed by atoms with E-state index >= 15 is 0 Å². The first-order valence-electron chi connectivity index (χ1n) is 8.43. The van der Waals surface area contributed by atoms with Crippen LogP contribution in [0, 0.1) is 0 Å². The summed E-state index contributed by atoms with van der Waals surface area (Å²) in [5, 5.41) is 0. The molecule has 1 unspecified atom stereocenters. The van der Waals surface area contributed by atoms with Gasteiger partial charge in [0, 0.05) is 23.5 Å². The van der Waals surface area contributed by atoms with Gasteiger partial charge < -0.3 is 4.90 Å². The Morgan fingerprint density at radius 1 is 1.19 bits per heavy atom. The lowest BCUT2D eigenvalue weighted by Crippen LogP contribution is -2.41. The molecular weight excluding hydrogens is 368 g/mol. The van der Waals surface area contributed by atoms with E-state index in [-0.39, 0.29) is 10.7 Å². The Hall–Kier alpha value is -1.99. The Balaban J connectivity index is 1.95. The molecule has 7 heteroatoms. The minimum atomic E-state index is -3.68. The molecule has 0 amide bonds. The number of ketones is 1. The number of carbonyl (C=O) groups excluding carboxylic acids is 1. The fraction of sp³-hybridized carbons (Fsp3) is 0.316. The summed E-state index contributed by atoms with van der Waals surface area (Å²) in [5.74, 6) is 0.116. The highest BCUT2D eigenvalue weighted by Gasteiger charge is 2.41. The number of carbonyl (C=O) groups is 1. The highest BCUT2D eigenvalue weighted by Crippen LogP contribution is 2.52. The van der Waals surface area contributed by atoms with E-state index in [1.54, 1.807) is 55.1 Å². The van der Waals surface area contributed by atoms with E-state index in [4.69, 9.17) is 0 Å². The molecule has 1 aliphatic heterocycles. The maximum absolute atomic E-state index is 12.7. The molecular formula is C19H22N2O3S2. The van der Waals surface area contributed by atoms with Gasteiger partial charge >= 0.3 is 0 Å². The van der Waals surface area contributed by atoms with Crippen LogP contribution in [0.1, 0.15) is 27.2 Å². The summed E-state index contributed by atoms with van der Waals surface area (Å²) in [6.07, 6.45) is 0.407. The molecule has 1 aliphatic rings. The van der Waals surface area contributed by atoms with Crippen LogP contribution in [-0.4, -0.2) is 25.6 Å². The fourth-order valence-electron chi connectivity index (χ4n) is 3.33. The lowest BCUT2D eigenvalue weighted by atomic mass is 10.1. The third-order valence-electron chi connectivity index (χ3n) is 4.35. The van der Waals surface area contributed by atoms with Gasteiger partial charge in [-0.25, -0.2) is 8.42 Å². The first-order valence-corrected chi connectivity index (χ1v) is 10.7. The zero-order chi connectivity index (χ0) is 18.9. The average molecular weight is 391 g/mol. The molecule has 138 valence electrons. The van der Waals surface area contributed by atoms with Gasteiger partial charge in [-0.1, -0.05) is 30.0 Å². The average Bonchev–Trinajstić information content (AvgIpc) is 2.84. The van der Waals surface area contributed by atoms with Gasteiger partial charge in [0.1, 0.15) is 5.78 Å². The number of Topliss-reactive ketones (excluding diaryl/α,β-unsaturated/α-hetero) is 1. The van der Waals surface area contributed by atoms with Gasteiger partial charge in [0.2, 0.25) is 0 Å². The van der Waals surface area contributed by atoms with Crippen molar-refractivity contribution >= 4 is 38.9 Å². The van der Waals surface area contributed by atoms with Crippen LogP contribution in [0.15, 0.2) is 58.3 Å². The van der Waals surface area contributed by atoms with Gasteiger partial charge in [-0.2, -0.15) is 0 Å². The van der Waals surface area contributed by atoms with Gasteiger partial charge in [0.15, 0.2) is 0 Å². The molecule has 0 spiro atoms. The number of sulfonamides is 1.